The van der Waals surface area contributed by atoms with E-state index in [1.54, 1.807) is 26.0 Å². The van der Waals surface area contributed by atoms with Crippen LogP contribution in [0.1, 0.15) is 34.6 Å². The molecule has 7 nitrogen and oxygen atoms in total. The summed E-state index contributed by atoms with van der Waals surface area (Å²) < 4.78 is 10.6. The van der Waals surface area contributed by atoms with Crippen LogP contribution in [0.4, 0.5) is 0 Å². The topological polar surface area (TPSA) is 82.1 Å². The molecule has 2 aliphatic heterocycles. The standard InChI is InChI=1S/C14H13NO6/c1-14(2)19-7-10(20-14)13(18)21-15-11(16)8-5-3-4-6-9(8)12(15)17/h3-6,10H,7H2,1-2H3/t10-/m0/s1. The number of carbonyl (C=O) groups excluding carboxylic acids is 3. The molecule has 1 aromatic carbocycles. The van der Waals surface area contributed by atoms with Gasteiger partial charge < -0.3 is 14.3 Å². The lowest BCUT2D eigenvalue weighted by Crippen LogP contribution is -2.38. The van der Waals surface area contributed by atoms with Crippen LogP contribution in [0.25, 0.3) is 0 Å². The van der Waals surface area contributed by atoms with Crippen molar-refractivity contribution in [1.82, 2.24) is 5.06 Å². The molecule has 2 heterocycles. The monoisotopic (exact) mass is 291 g/mol. The normalized spacial score (nSPS) is 23.3. The molecule has 0 aliphatic carbocycles. The van der Waals surface area contributed by atoms with Crippen LogP contribution in [0, 0.1) is 0 Å². The summed E-state index contributed by atoms with van der Waals surface area (Å²) in [6.45, 7) is 3.32. The Bertz CT molecular complexity index is 603. The van der Waals surface area contributed by atoms with Crippen molar-refractivity contribution in [2.45, 2.75) is 25.7 Å². The van der Waals surface area contributed by atoms with Crippen molar-refractivity contribution in [2.75, 3.05) is 6.61 Å². The van der Waals surface area contributed by atoms with E-state index in [-0.39, 0.29) is 17.7 Å². The summed E-state index contributed by atoms with van der Waals surface area (Å²) in [6, 6.07) is 6.26. The van der Waals surface area contributed by atoms with E-state index in [1.165, 1.54) is 12.1 Å². The first-order valence-electron chi connectivity index (χ1n) is 6.40. The van der Waals surface area contributed by atoms with E-state index in [0.717, 1.165) is 0 Å². The molecule has 3 rings (SSSR count). The number of hydroxylamine groups is 2. The van der Waals surface area contributed by atoms with E-state index >= 15 is 0 Å². The molecule has 0 saturated carbocycles. The molecular formula is C14H13NO6. The summed E-state index contributed by atoms with van der Waals surface area (Å²) in [7, 11) is 0. The first kappa shape index (κ1) is 13.7. The van der Waals surface area contributed by atoms with Crippen molar-refractivity contribution in [2.24, 2.45) is 0 Å². The van der Waals surface area contributed by atoms with Crippen LogP contribution < -0.4 is 0 Å². The van der Waals surface area contributed by atoms with Gasteiger partial charge in [-0.25, -0.2) is 4.79 Å². The van der Waals surface area contributed by atoms with Crippen LogP contribution in [-0.4, -0.2) is 41.3 Å². The zero-order valence-electron chi connectivity index (χ0n) is 11.5. The van der Waals surface area contributed by atoms with Crippen LogP contribution >= 0.6 is 0 Å². The van der Waals surface area contributed by atoms with Crippen LogP contribution in [0.2, 0.25) is 0 Å². The van der Waals surface area contributed by atoms with Gasteiger partial charge in [0.2, 0.25) is 0 Å². The van der Waals surface area contributed by atoms with Gasteiger partial charge in [0.25, 0.3) is 11.8 Å². The second kappa shape index (κ2) is 4.64. The number of hydrogen-bond acceptors (Lipinski definition) is 6. The summed E-state index contributed by atoms with van der Waals surface area (Å²) in [4.78, 5) is 40.9. The highest BCUT2D eigenvalue weighted by Crippen LogP contribution is 2.26. The Balaban J connectivity index is 1.74. The van der Waals surface area contributed by atoms with Gasteiger partial charge in [-0.2, -0.15) is 0 Å². The SMILES string of the molecule is CC1(C)OC[C@@H](C(=O)ON2C(=O)c3ccccc3C2=O)O1. The van der Waals surface area contributed by atoms with Crippen molar-refractivity contribution < 1.29 is 28.7 Å². The first-order chi connectivity index (χ1) is 9.89. The number of nitrogens with zero attached hydrogens (tertiary/aromatic N) is 1. The minimum absolute atomic E-state index is 0.00893. The van der Waals surface area contributed by atoms with E-state index in [2.05, 4.69) is 0 Å². The lowest BCUT2D eigenvalue weighted by Gasteiger charge is -2.18. The van der Waals surface area contributed by atoms with Crippen LogP contribution in [0.3, 0.4) is 0 Å². The van der Waals surface area contributed by atoms with Gasteiger partial charge in [-0.15, -0.1) is 0 Å². The number of fused-ring (bicyclic) bond motifs is 1. The van der Waals surface area contributed by atoms with Crippen molar-refractivity contribution in [3.8, 4) is 0 Å². The molecule has 0 aromatic heterocycles. The van der Waals surface area contributed by atoms with E-state index in [9.17, 15) is 14.4 Å². The largest absolute Gasteiger partial charge is 0.364 e. The smallest absolute Gasteiger partial charge is 0.347 e. The van der Waals surface area contributed by atoms with Gasteiger partial charge in [0.15, 0.2) is 11.9 Å². The fourth-order valence-electron chi connectivity index (χ4n) is 2.20. The zero-order chi connectivity index (χ0) is 15.2. The number of hydrogen-bond donors (Lipinski definition) is 0. The summed E-state index contributed by atoms with van der Waals surface area (Å²) in [6.07, 6.45) is -0.968. The predicted octanol–water partition coefficient (Wildman–Crippen LogP) is 0.892. The molecule has 1 aromatic rings. The van der Waals surface area contributed by atoms with Gasteiger partial charge in [-0.05, 0) is 26.0 Å². The Labute approximate surface area is 120 Å². The van der Waals surface area contributed by atoms with Gasteiger partial charge >= 0.3 is 5.97 Å². The maximum absolute atomic E-state index is 12.0. The van der Waals surface area contributed by atoms with Crippen LogP contribution in [0.15, 0.2) is 24.3 Å². The van der Waals surface area contributed by atoms with E-state index in [1.807, 2.05) is 0 Å². The highest BCUT2D eigenvalue weighted by Gasteiger charge is 2.43. The summed E-state index contributed by atoms with van der Waals surface area (Å²) >= 11 is 0. The molecule has 1 fully saturated rings. The Morgan fingerprint density at radius 1 is 1.24 bits per heavy atom. The Hall–Kier alpha value is -2.25. The fourth-order valence-corrected chi connectivity index (χ4v) is 2.20. The highest BCUT2D eigenvalue weighted by atomic mass is 16.8. The van der Waals surface area contributed by atoms with Gasteiger partial charge in [0.1, 0.15) is 0 Å². The average Bonchev–Trinajstić information content (AvgIpc) is 2.93. The number of benzene rings is 1. The quantitative estimate of drug-likeness (QED) is 0.753. The first-order valence-corrected chi connectivity index (χ1v) is 6.40. The number of carbonyl (C=O) groups is 3. The maximum atomic E-state index is 12.0. The van der Waals surface area contributed by atoms with Crippen LogP contribution in [-0.2, 0) is 19.1 Å². The second-order valence-corrected chi connectivity index (χ2v) is 5.18. The van der Waals surface area contributed by atoms with Crippen molar-refractivity contribution in [1.29, 1.82) is 0 Å². The molecule has 0 N–H and O–H groups in total. The third-order valence-electron chi connectivity index (χ3n) is 3.21. The third kappa shape index (κ3) is 2.30. The summed E-state index contributed by atoms with van der Waals surface area (Å²) in [5.41, 5.74) is 0.415. The molecule has 2 amide bonds. The number of ether oxygens (including phenoxy) is 2. The Morgan fingerprint density at radius 3 is 2.29 bits per heavy atom. The highest BCUT2D eigenvalue weighted by molar-refractivity contribution is 6.20. The van der Waals surface area contributed by atoms with Crippen molar-refractivity contribution in [3.05, 3.63) is 35.4 Å². The molecular weight excluding hydrogens is 278 g/mol. The molecule has 0 radical (unpaired) electrons. The molecule has 0 bridgehead atoms. The molecule has 1 saturated heterocycles. The van der Waals surface area contributed by atoms with Crippen LogP contribution in [0.5, 0.6) is 0 Å². The van der Waals surface area contributed by atoms with E-state index < -0.39 is 29.7 Å². The predicted molar refractivity (Wildman–Crippen MR) is 67.9 cm³/mol. The lowest BCUT2D eigenvalue weighted by molar-refractivity contribution is -0.189. The third-order valence-corrected chi connectivity index (χ3v) is 3.21. The maximum Gasteiger partial charge on any atom is 0.364 e. The molecule has 7 heteroatoms. The lowest BCUT2D eigenvalue weighted by atomic mass is 10.1. The zero-order valence-corrected chi connectivity index (χ0v) is 11.5. The van der Waals surface area contributed by atoms with E-state index in [4.69, 9.17) is 14.3 Å². The molecule has 0 unspecified atom stereocenters. The van der Waals surface area contributed by atoms with E-state index in [0.29, 0.717) is 5.06 Å². The average molecular weight is 291 g/mol. The molecule has 110 valence electrons. The molecule has 2 aliphatic rings. The van der Waals surface area contributed by atoms with Gasteiger partial charge in [0.05, 0.1) is 17.7 Å². The minimum atomic E-state index is -0.968. The van der Waals surface area contributed by atoms with Gasteiger partial charge in [-0.1, -0.05) is 17.2 Å². The van der Waals surface area contributed by atoms with Crippen molar-refractivity contribution >= 4 is 17.8 Å². The Morgan fingerprint density at radius 2 is 1.81 bits per heavy atom. The Kier molecular flexibility index (Phi) is 3.03. The number of imide groups is 1. The minimum Gasteiger partial charge on any atom is -0.347 e. The summed E-state index contributed by atoms with van der Waals surface area (Å²) in [5.74, 6) is -3.06. The molecule has 0 spiro atoms. The second-order valence-electron chi connectivity index (χ2n) is 5.18. The molecule has 21 heavy (non-hydrogen) atoms. The number of rotatable bonds is 2. The fraction of sp³-hybridized carbons (Fsp3) is 0.357. The van der Waals surface area contributed by atoms with Crippen molar-refractivity contribution in [3.63, 3.8) is 0 Å². The van der Waals surface area contributed by atoms with Gasteiger partial charge in [0, 0.05) is 0 Å². The summed E-state index contributed by atoms with van der Waals surface area (Å²) in [5, 5.41) is 0.460. The van der Waals surface area contributed by atoms with Gasteiger partial charge in [-0.3, -0.25) is 9.59 Å². The molecule has 1 atom stereocenters. The number of amides is 2.